The van der Waals surface area contributed by atoms with Crippen LogP contribution in [-0.2, 0) is 14.3 Å². The van der Waals surface area contributed by atoms with Gasteiger partial charge >= 0.3 is 11.9 Å². The fourth-order valence-electron chi connectivity index (χ4n) is 3.22. The van der Waals surface area contributed by atoms with E-state index in [0.717, 1.165) is 51.4 Å². The molecule has 0 saturated carbocycles. The molecule has 0 heterocycles. The summed E-state index contributed by atoms with van der Waals surface area (Å²) in [6.07, 6.45) is 5.61. The van der Waals surface area contributed by atoms with Gasteiger partial charge in [-0.25, -0.2) is 9.59 Å². The average Bonchev–Trinajstić information content (AvgIpc) is 2.66. The molecule has 0 aromatic heterocycles. The van der Waals surface area contributed by atoms with E-state index >= 15 is 0 Å². The van der Waals surface area contributed by atoms with Crippen molar-refractivity contribution in [3.63, 3.8) is 0 Å². The molecule has 0 aromatic carbocycles. The van der Waals surface area contributed by atoms with E-state index in [0.29, 0.717) is 12.8 Å². The van der Waals surface area contributed by atoms with Gasteiger partial charge in [-0.1, -0.05) is 65.2 Å². The lowest BCUT2D eigenvalue weighted by molar-refractivity contribution is -0.198. The molecule has 0 aliphatic rings. The molecule has 0 rings (SSSR count). The van der Waals surface area contributed by atoms with Crippen LogP contribution in [0.3, 0.4) is 0 Å². The fraction of sp³-hybridized carbons (Fsp3) is 0.909. The smallest absolute Gasteiger partial charge is 0.348 e. The van der Waals surface area contributed by atoms with E-state index in [1.165, 1.54) is 13.8 Å². The van der Waals surface area contributed by atoms with Crippen LogP contribution in [0.25, 0.3) is 0 Å². The Bertz CT molecular complexity index is 436. The maximum atomic E-state index is 12.5. The van der Waals surface area contributed by atoms with Crippen molar-refractivity contribution in [1.82, 2.24) is 0 Å². The second-order valence-corrected chi connectivity index (χ2v) is 8.21. The van der Waals surface area contributed by atoms with Crippen LogP contribution in [-0.4, -0.2) is 55.8 Å². The topological polar surface area (TPSA) is 124 Å². The third-order valence-electron chi connectivity index (χ3n) is 5.60. The first-order chi connectivity index (χ1) is 13.6. The van der Waals surface area contributed by atoms with Crippen LogP contribution in [0.1, 0.15) is 105 Å². The van der Waals surface area contributed by atoms with Gasteiger partial charge in [0.05, 0.1) is 12.2 Å². The molecule has 0 spiro atoms. The Morgan fingerprint density at radius 3 is 1.28 bits per heavy atom. The predicted molar refractivity (Wildman–Crippen MR) is 111 cm³/mol. The van der Waals surface area contributed by atoms with Gasteiger partial charge < -0.3 is 25.2 Å². The van der Waals surface area contributed by atoms with Crippen molar-refractivity contribution < 1.29 is 34.8 Å². The van der Waals surface area contributed by atoms with Crippen molar-refractivity contribution in [2.24, 2.45) is 0 Å². The first kappa shape index (κ1) is 28.0. The molecular weight excluding hydrogens is 376 g/mol. The Hall–Kier alpha value is -1.02. The van der Waals surface area contributed by atoms with Crippen molar-refractivity contribution in [2.45, 2.75) is 128 Å². The lowest BCUT2D eigenvalue weighted by atomic mass is 9.89. The van der Waals surface area contributed by atoms with Gasteiger partial charge in [-0.3, -0.25) is 0 Å². The van der Waals surface area contributed by atoms with E-state index in [-0.39, 0.29) is 12.8 Å². The first-order valence-electron chi connectivity index (χ1n) is 11.1. The molecule has 29 heavy (non-hydrogen) atoms. The third kappa shape index (κ3) is 9.11. The van der Waals surface area contributed by atoms with Crippen LogP contribution in [0, 0.1) is 0 Å². The summed E-state index contributed by atoms with van der Waals surface area (Å²) < 4.78 is 4.76. The molecular formula is C22H42O7. The van der Waals surface area contributed by atoms with E-state index in [9.17, 15) is 30.0 Å². The summed E-state index contributed by atoms with van der Waals surface area (Å²) >= 11 is 0. The van der Waals surface area contributed by atoms with Gasteiger partial charge in [0.15, 0.2) is 11.2 Å². The highest BCUT2D eigenvalue weighted by molar-refractivity contribution is 5.94. The summed E-state index contributed by atoms with van der Waals surface area (Å²) in [5, 5.41) is 41.1. The number of hydrogen-bond donors (Lipinski definition) is 4. The van der Waals surface area contributed by atoms with Crippen LogP contribution in [0.4, 0.5) is 0 Å². The van der Waals surface area contributed by atoms with Gasteiger partial charge in [-0.15, -0.1) is 0 Å². The quantitative estimate of drug-likeness (QED) is 0.172. The molecule has 0 amide bonds. The molecule has 0 fully saturated rings. The van der Waals surface area contributed by atoms with Crippen molar-refractivity contribution in [2.75, 3.05) is 0 Å². The zero-order valence-corrected chi connectivity index (χ0v) is 18.7. The Morgan fingerprint density at radius 2 is 1.00 bits per heavy atom. The normalized spacial score (nSPS) is 17.8. The monoisotopic (exact) mass is 418 g/mol. The molecule has 7 nitrogen and oxygen atoms in total. The van der Waals surface area contributed by atoms with Crippen molar-refractivity contribution in [3.05, 3.63) is 0 Å². The molecule has 0 aromatic rings. The predicted octanol–water partition coefficient (Wildman–Crippen LogP) is 3.00. The lowest BCUT2D eigenvalue weighted by Crippen LogP contribution is -2.55. The summed E-state index contributed by atoms with van der Waals surface area (Å²) in [5.41, 5.74) is -4.47. The second kappa shape index (κ2) is 14.1. The number of unbranched alkanes of at least 4 members (excludes halogenated alkanes) is 8. The van der Waals surface area contributed by atoms with Crippen molar-refractivity contribution >= 4 is 11.9 Å². The second-order valence-electron chi connectivity index (χ2n) is 8.21. The van der Waals surface area contributed by atoms with E-state index in [2.05, 4.69) is 13.8 Å². The number of hydrogen-bond acceptors (Lipinski definition) is 7. The highest BCUT2D eigenvalue weighted by Crippen LogP contribution is 2.26. The largest absolute Gasteiger partial charge is 0.390 e. The Labute approximate surface area is 175 Å². The van der Waals surface area contributed by atoms with Gasteiger partial charge in [0.2, 0.25) is 0 Å². The highest BCUT2D eigenvalue weighted by atomic mass is 16.6. The zero-order valence-electron chi connectivity index (χ0n) is 18.7. The van der Waals surface area contributed by atoms with Gasteiger partial charge in [0.25, 0.3) is 0 Å². The standard InChI is InChI=1S/C22H42O7/c1-5-7-9-11-13-15-21(27,17(3)23)19(25)29-20(26)22(28,18(4)24)16-14-12-10-8-6-2/h17-18,23-24,27-28H,5-16H2,1-4H3. The maximum absolute atomic E-state index is 12.5. The summed E-state index contributed by atoms with van der Waals surface area (Å²) in [5.74, 6) is -2.59. The molecule has 0 aliphatic heterocycles. The Kier molecular flexibility index (Phi) is 13.6. The first-order valence-corrected chi connectivity index (χ1v) is 11.1. The number of carbonyl (C=O) groups excluding carboxylic acids is 2. The molecule has 0 radical (unpaired) electrons. The summed E-state index contributed by atoms with van der Waals surface area (Å²) in [6, 6.07) is 0. The summed E-state index contributed by atoms with van der Waals surface area (Å²) in [7, 11) is 0. The number of ether oxygens (including phenoxy) is 1. The van der Waals surface area contributed by atoms with E-state index in [4.69, 9.17) is 4.74 Å². The van der Waals surface area contributed by atoms with Gasteiger partial charge in [0, 0.05) is 0 Å². The van der Waals surface area contributed by atoms with Crippen LogP contribution < -0.4 is 0 Å². The van der Waals surface area contributed by atoms with E-state index in [1.54, 1.807) is 0 Å². The zero-order chi connectivity index (χ0) is 22.5. The lowest BCUT2D eigenvalue weighted by Gasteiger charge is -2.32. The molecule has 0 bridgehead atoms. The molecule has 4 unspecified atom stereocenters. The molecule has 7 heteroatoms. The average molecular weight is 419 g/mol. The van der Waals surface area contributed by atoms with Crippen molar-refractivity contribution in [3.8, 4) is 0 Å². The summed E-state index contributed by atoms with van der Waals surface area (Å²) in [6.45, 7) is 6.66. The minimum atomic E-state index is -2.23. The highest BCUT2D eigenvalue weighted by Gasteiger charge is 2.48. The number of aliphatic hydroxyl groups is 4. The summed E-state index contributed by atoms with van der Waals surface area (Å²) in [4.78, 5) is 25.0. The number of aliphatic hydroxyl groups excluding tert-OH is 2. The molecule has 0 saturated heterocycles. The van der Waals surface area contributed by atoms with E-state index < -0.39 is 35.3 Å². The van der Waals surface area contributed by atoms with E-state index in [1.807, 2.05) is 0 Å². The van der Waals surface area contributed by atoms with Crippen LogP contribution in [0.2, 0.25) is 0 Å². The number of esters is 2. The molecule has 172 valence electrons. The van der Waals surface area contributed by atoms with Gasteiger partial charge in [0.1, 0.15) is 0 Å². The molecule has 4 N–H and O–H groups in total. The van der Waals surface area contributed by atoms with Gasteiger partial charge in [-0.2, -0.15) is 0 Å². The van der Waals surface area contributed by atoms with Crippen LogP contribution in [0.5, 0.6) is 0 Å². The minimum absolute atomic E-state index is 0.0510. The van der Waals surface area contributed by atoms with Crippen LogP contribution in [0.15, 0.2) is 0 Å². The van der Waals surface area contributed by atoms with Crippen LogP contribution >= 0.6 is 0 Å². The Balaban J connectivity index is 4.98. The fourth-order valence-corrected chi connectivity index (χ4v) is 3.22. The third-order valence-corrected chi connectivity index (χ3v) is 5.60. The van der Waals surface area contributed by atoms with Gasteiger partial charge in [-0.05, 0) is 39.5 Å². The van der Waals surface area contributed by atoms with Crippen molar-refractivity contribution in [1.29, 1.82) is 0 Å². The molecule has 0 aliphatic carbocycles. The molecule has 4 atom stereocenters. The number of carbonyl (C=O) groups is 2. The number of rotatable bonds is 16. The Morgan fingerprint density at radius 1 is 0.690 bits per heavy atom. The maximum Gasteiger partial charge on any atom is 0.348 e. The SMILES string of the molecule is CCCCCCCC(O)(C(=O)OC(=O)C(O)(CCCCCCC)C(C)O)C(C)O. The minimum Gasteiger partial charge on any atom is -0.390 e.